The largest absolute Gasteiger partial charge is 0.493 e. The first-order valence-electron chi connectivity index (χ1n) is 11.7. The predicted octanol–water partition coefficient (Wildman–Crippen LogP) is 4.71. The van der Waals surface area contributed by atoms with Crippen LogP contribution in [0, 0.1) is 15.5 Å². The second-order valence-electron chi connectivity index (χ2n) is 9.62. The highest BCUT2D eigenvalue weighted by atomic mass is 16.6. The topological polar surface area (TPSA) is 121 Å². The maximum atomic E-state index is 13.1. The number of ether oxygens (including phenoxy) is 2. The van der Waals surface area contributed by atoms with Gasteiger partial charge in [-0.05, 0) is 41.7 Å². The molecular weight excluding hydrogens is 464 g/mol. The van der Waals surface area contributed by atoms with Crippen LogP contribution in [0.2, 0.25) is 0 Å². The molecule has 0 aliphatic carbocycles. The van der Waals surface area contributed by atoms with E-state index in [9.17, 15) is 14.9 Å². The lowest BCUT2D eigenvalue weighted by Crippen LogP contribution is -2.36. The number of carbonyl (C=O) groups is 1. The van der Waals surface area contributed by atoms with Crippen LogP contribution in [0.5, 0.6) is 11.5 Å². The highest BCUT2D eigenvalue weighted by Gasteiger charge is 2.22. The number of carbonyl (C=O) groups excluding carboxylic acids is 1. The molecule has 1 aromatic heterocycles. The third kappa shape index (κ3) is 7.27. The lowest BCUT2D eigenvalue weighted by molar-refractivity contribution is -0.384. The van der Waals surface area contributed by atoms with Crippen LogP contribution in [0.15, 0.2) is 47.0 Å². The van der Waals surface area contributed by atoms with Crippen LogP contribution in [-0.2, 0) is 17.6 Å². The average molecular weight is 497 g/mol. The summed E-state index contributed by atoms with van der Waals surface area (Å²) in [5, 5.41) is 14.8. The van der Waals surface area contributed by atoms with E-state index >= 15 is 0 Å². The molecule has 1 amide bonds. The Hall–Kier alpha value is -3.95. The number of aromatic nitrogens is 2. The monoisotopic (exact) mass is 496 g/mol. The van der Waals surface area contributed by atoms with Crippen LogP contribution in [0.4, 0.5) is 5.69 Å². The van der Waals surface area contributed by atoms with E-state index in [0.717, 1.165) is 5.56 Å². The number of methoxy groups -OCH3 is 2. The van der Waals surface area contributed by atoms with E-state index in [1.807, 2.05) is 43.9 Å². The van der Waals surface area contributed by atoms with Gasteiger partial charge in [0.05, 0.1) is 19.1 Å². The summed E-state index contributed by atoms with van der Waals surface area (Å²) in [6.07, 6.45) is 1.45. The molecule has 0 fully saturated rings. The van der Waals surface area contributed by atoms with Gasteiger partial charge >= 0.3 is 0 Å². The molecule has 3 aromatic rings. The quantitative estimate of drug-likeness (QED) is 0.276. The zero-order chi connectivity index (χ0) is 26.3. The van der Waals surface area contributed by atoms with E-state index in [4.69, 9.17) is 14.0 Å². The van der Waals surface area contributed by atoms with Gasteiger partial charge in [-0.25, -0.2) is 0 Å². The maximum Gasteiger partial charge on any atom is 0.269 e. The number of nitro benzene ring substituents is 1. The molecule has 1 heterocycles. The van der Waals surface area contributed by atoms with Gasteiger partial charge in [0.25, 0.3) is 5.69 Å². The molecular formula is C26H32N4O6. The third-order valence-corrected chi connectivity index (χ3v) is 5.55. The van der Waals surface area contributed by atoms with Crippen molar-refractivity contribution >= 4 is 11.6 Å². The molecule has 10 nitrogen and oxygen atoms in total. The Balaban J connectivity index is 1.69. The first-order chi connectivity index (χ1) is 17.1. The van der Waals surface area contributed by atoms with Crippen molar-refractivity contribution in [1.29, 1.82) is 0 Å². The van der Waals surface area contributed by atoms with Crippen molar-refractivity contribution in [2.75, 3.05) is 27.3 Å². The predicted molar refractivity (Wildman–Crippen MR) is 134 cm³/mol. The van der Waals surface area contributed by atoms with Crippen LogP contribution < -0.4 is 9.47 Å². The molecule has 0 saturated carbocycles. The van der Waals surface area contributed by atoms with Gasteiger partial charge in [-0.15, -0.1) is 0 Å². The van der Waals surface area contributed by atoms with Crippen LogP contribution >= 0.6 is 0 Å². The fourth-order valence-electron chi connectivity index (χ4n) is 3.66. The van der Waals surface area contributed by atoms with Gasteiger partial charge in [0.2, 0.25) is 17.6 Å². The minimum atomic E-state index is -0.462. The molecule has 0 bridgehead atoms. The number of nitro groups is 1. The molecule has 10 heteroatoms. The summed E-state index contributed by atoms with van der Waals surface area (Å²) in [6, 6.07) is 11.7. The van der Waals surface area contributed by atoms with Gasteiger partial charge in [-0.2, -0.15) is 4.98 Å². The molecule has 0 N–H and O–H groups in total. The van der Waals surface area contributed by atoms with E-state index in [0.29, 0.717) is 61.1 Å². The summed E-state index contributed by atoms with van der Waals surface area (Å²) in [4.78, 5) is 29.7. The minimum absolute atomic E-state index is 0.00930. The van der Waals surface area contributed by atoms with Crippen molar-refractivity contribution in [2.24, 2.45) is 5.41 Å². The fourth-order valence-corrected chi connectivity index (χ4v) is 3.66. The molecule has 0 saturated heterocycles. The standard InChI is InChI=1S/C26H32N4O6/c1-26(2,3)17-24(31)29(14-12-18-6-11-21(34-4)22(16-18)35-5)15-13-23-27-25(28-36-23)19-7-9-20(10-8-19)30(32)33/h6-11,16H,12-15,17H2,1-5H3. The Morgan fingerprint density at radius 2 is 1.69 bits per heavy atom. The van der Waals surface area contributed by atoms with E-state index in [2.05, 4.69) is 10.1 Å². The summed E-state index contributed by atoms with van der Waals surface area (Å²) in [5.41, 5.74) is 1.49. The summed E-state index contributed by atoms with van der Waals surface area (Å²) >= 11 is 0. The van der Waals surface area contributed by atoms with Gasteiger partial charge in [-0.1, -0.05) is 32.0 Å². The molecule has 3 rings (SSSR count). The molecule has 0 spiro atoms. The first-order valence-corrected chi connectivity index (χ1v) is 11.7. The fraction of sp³-hybridized carbons (Fsp3) is 0.423. The lowest BCUT2D eigenvalue weighted by atomic mass is 9.91. The molecule has 36 heavy (non-hydrogen) atoms. The Morgan fingerprint density at radius 3 is 2.31 bits per heavy atom. The van der Waals surface area contributed by atoms with Crippen LogP contribution in [-0.4, -0.2) is 53.2 Å². The Labute approximate surface area is 210 Å². The Kier molecular flexibility index (Phi) is 8.63. The van der Waals surface area contributed by atoms with Crippen LogP contribution in [0.1, 0.15) is 38.6 Å². The van der Waals surface area contributed by atoms with Gasteiger partial charge in [0.15, 0.2) is 11.5 Å². The van der Waals surface area contributed by atoms with E-state index < -0.39 is 4.92 Å². The minimum Gasteiger partial charge on any atom is -0.493 e. The number of benzene rings is 2. The SMILES string of the molecule is COc1ccc(CCN(CCc2nc(-c3ccc([N+](=O)[O-])cc3)no2)C(=O)CC(C)(C)C)cc1OC. The average Bonchev–Trinajstić information content (AvgIpc) is 3.31. The van der Waals surface area contributed by atoms with E-state index in [1.54, 1.807) is 26.4 Å². The zero-order valence-corrected chi connectivity index (χ0v) is 21.3. The number of hydrogen-bond acceptors (Lipinski definition) is 8. The molecule has 0 unspecified atom stereocenters. The van der Waals surface area contributed by atoms with Crippen molar-refractivity contribution in [3.63, 3.8) is 0 Å². The van der Waals surface area contributed by atoms with Crippen molar-refractivity contribution in [2.45, 2.75) is 40.0 Å². The van der Waals surface area contributed by atoms with Gasteiger partial charge in [-0.3, -0.25) is 14.9 Å². The second-order valence-corrected chi connectivity index (χ2v) is 9.62. The summed E-state index contributed by atoms with van der Waals surface area (Å²) in [5.74, 6) is 2.09. The van der Waals surface area contributed by atoms with Crippen LogP contribution in [0.3, 0.4) is 0 Å². The molecule has 0 radical (unpaired) electrons. The number of nitrogens with zero attached hydrogens (tertiary/aromatic N) is 4. The van der Waals surface area contributed by atoms with Gasteiger partial charge in [0, 0.05) is 43.6 Å². The molecule has 192 valence electrons. The number of amides is 1. The number of hydrogen-bond donors (Lipinski definition) is 0. The van der Waals surface area contributed by atoms with Crippen molar-refractivity contribution in [3.8, 4) is 22.9 Å². The van der Waals surface area contributed by atoms with Crippen molar-refractivity contribution < 1.29 is 23.7 Å². The van der Waals surface area contributed by atoms with E-state index in [1.165, 1.54) is 12.1 Å². The summed E-state index contributed by atoms with van der Waals surface area (Å²) in [6.45, 7) is 7.04. The lowest BCUT2D eigenvalue weighted by Gasteiger charge is -2.26. The van der Waals surface area contributed by atoms with Gasteiger partial charge < -0.3 is 18.9 Å². The molecule has 0 aliphatic heterocycles. The normalized spacial score (nSPS) is 11.2. The highest BCUT2D eigenvalue weighted by molar-refractivity contribution is 5.76. The third-order valence-electron chi connectivity index (χ3n) is 5.55. The maximum absolute atomic E-state index is 13.1. The smallest absolute Gasteiger partial charge is 0.269 e. The second kappa shape index (κ2) is 11.7. The van der Waals surface area contributed by atoms with Crippen LogP contribution in [0.25, 0.3) is 11.4 Å². The number of non-ortho nitro benzene ring substituents is 1. The highest BCUT2D eigenvalue weighted by Crippen LogP contribution is 2.28. The van der Waals surface area contributed by atoms with Crippen molar-refractivity contribution in [1.82, 2.24) is 15.0 Å². The number of rotatable bonds is 11. The zero-order valence-electron chi connectivity index (χ0n) is 21.3. The van der Waals surface area contributed by atoms with E-state index in [-0.39, 0.29) is 17.0 Å². The summed E-state index contributed by atoms with van der Waals surface area (Å²) < 4.78 is 16.1. The first kappa shape index (κ1) is 26.7. The Morgan fingerprint density at radius 1 is 1.03 bits per heavy atom. The van der Waals surface area contributed by atoms with Crippen molar-refractivity contribution in [3.05, 3.63) is 64.0 Å². The molecule has 2 aromatic carbocycles. The van der Waals surface area contributed by atoms with Gasteiger partial charge in [0.1, 0.15) is 0 Å². The molecule has 0 atom stereocenters. The Bertz CT molecular complexity index is 1180. The molecule has 0 aliphatic rings. The summed E-state index contributed by atoms with van der Waals surface area (Å²) in [7, 11) is 3.19.